The van der Waals surface area contributed by atoms with Gasteiger partial charge < -0.3 is 9.47 Å². The summed E-state index contributed by atoms with van der Waals surface area (Å²) < 4.78 is 9.89. The van der Waals surface area contributed by atoms with E-state index in [1.165, 1.54) is 7.11 Å². The SMILES string of the molecule is C=C(CC(C)(C#N)CC(C)(C)OC)C(=O)OC. The molecule has 0 amide bonds. The molecule has 0 spiro atoms. The summed E-state index contributed by atoms with van der Waals surface area (Å²) in [5.74, 6) is -0.471. The van der Waals surface area contributed by atoms with E-state index >= 15 is 0 Å². The van der Waals surface area contributed by atoms with Crippen LogP contribution in [-0.2, 0) is 14.3 Å². The summed E-state index contributed by atoms with van der Waals surface area (Å²) >= 11 is 0. The second-order valence-corrected chi connectivity index (χ2v) is 5.08. The molecule has 4 nitrogen and oxygen atoms in total. The van der Waals surface area contributed by atoms with Gasteiger partial charge in [-0.1, -0.05) is 6.58 Å². The number of nitrogens with zero attached hydrogens (tertiary/aromatic N) is 1. The molecule has 0 fully saturated rings. The predicted octanol–water partition coefficient (Wildman–Crippen LogP) is 2.45. The van der Waals surface area contributed by atoms with E-state index in [4.69, 9.17) is 4.74 Å². The summed E-state index contributed by atoms with van der Waals surface area (Å²) in [4.78, 5) is 11.3. The van der Waals surface area contributed by atoms with Gasteiger partial charge >= 0.3 is 5.97 Å². The Kier molecular flexibility index (Phi) is 5.37. The van der Waals surface area contributed by atoms with Gasteiger partial charge in [0.05, 0.1) is 24.2 Å². The van der Waals surface area contributed by atoms with Gasteiger partial charge in [-0.05, 0) is 33.6 Å². The minimum Gasteiger partial charge on any atom is -0.466 e. The molecule has 0 aliphatic carbocycles. The molecule has 0 heterocycles. The van der Waals surface area contributed by atoms with E-state index in [1.807, 2.05) is 13.8 Å². The third kappa shape index (κ3) is 5.01. The number of carbonyl (C=O) groups excluding carboxylic acids is 1. The van der Waals surface area contributed by atoms with Gasteiger partial charge in [0.25, 0.3) is 0 Å². The van der Waals surface area contributed by atoms with Crippen LogP contribution in [0.15, 0.2) is 12.2 Å². The number of nitriles is 1. The highest BCUT2D eigenvalue weighted by Crippen LogP contribution is 2.35. The van der Waals surface area contributed by atoms with Crippen LogP contribution in [0.25, 0.3) is 0 Å². The Morgan fingerprint density at radius 3 is 2.24 bits per heavy atom. The molecule has 0 bridgehead atoms. The number of carbonyl (C=O) groups is 1. The maximum Gasteiger partial charge on any atom is 0.333 e. The first-order valence-corrected chi connectivity index (χ1v) is 5.42. The van der Waals surface area contributed by atoms with Crippen molar-refractivity contribution in [3.63, 3.8) is 0 Å². The number of ether oxygens (including phenoxy) is 2. The van der Waals surface area contributed by atoms with E-state index in [0.717, 1.165) is 0 Å². The van der Waals surface area contributed by atoms with Crippen LogP contribution in [0.5, 0.6) is 0 Å². The topological polar surface area (TPSA) is 59.3 Å². The molecule has 0 aliphatic rings. The molecule has 0 rings (SSSR count). The lowest BCUT2D eigenvalue weighted by molar-refractivity contribution is -0.136. The number of methoxy groups -OCH3 is 2. The van der Waals surface area contributed by atoms with Gasteiger partial charge in [-0.15, -0.1) is 0 Å². The molecule has 1 unspecified atom stereocenters. The van der Waals surface area contributed by atoms with Crippen molar-refractivity contribution in [1.82, 2.24) is 0 Å². The Morgan fingerprint density at radius 1 is 1.35 bits per heavy atom. The smallest absolute Gasteiger partial charge is 0.333 e. The summed E-state index contributed by atoms with van der Waals surface area (Å²) in [6.45, 7) is 9.25. The minimum absolute atomic E-state index is 0.281. The maximum absolute atomic E-state index is 11.3. The molecule has 4 heteroatoms. The molecule has 0 aromatic carbocycles. The highest BCUT2D eigenvalue weighted by molar-refractivity contribution is 5.87. The summed E-state index contributed by atoms with van der Waals surface area (Å²) in [5.41, 5.74) is -0.797. The average Bonchev–Trinajstić information content (AvgIpc) is 2.27. The lowest BCUT2D eigenvalue weighted by Crippen LogP contribution is -2.32. The lowest BCUT2D eigenvalue weighted by atomic mass is 9.77. The second kappa shape index (κ2) is 5.83. The predicted molar refractivity (Wildman–Crippen MR) is 65.2 cm³/mol. The zero-order chi connectivity index (χ0) is 13.7. The van der Waals surface area contributed by atoms with Crippen LogP contribution < -0.4 is 0 Å². The Hall–Kier alpha value is -1.34. The van der Waals surface area contributed by atoms with E-state index in [9.17, 15) is 10.1 Å². The highest BCUT2D eigenvalue weighted by Gasteiger charge is 2.34. The standard InChI is InChI=1S/C13H21NO3/c1-10(11(15)16-5)7-13(4,9-14)8-12(2,3)17-6/h1,7-8H2,2-6H3. The molecule has 0 N–H and O–H groups in total. The van der Waals surface area contributed by atoms with Crippen molar-refractivity contribution in [2.75, 3.05) is 14.2 Å². The summed E-state index contributed by atoms with van der Waals surface area (Å²) in [6, 6.07) is 2.23. The molecule has 96 valence electrons. The van der Waals surface area contributed by atoms with Crippen LogP contribution in [0.1, 0.15) is 33.6 Å². The quantitative estimate of drug-likeness (QED) is 0.527. The Morgan fingerprint density at radius 2 is 1.88 bits per heavy atom. The summed E-state index contributed by atoms with van der Waals surface area (Å²) in [6.07, 6.45) is 0.798. The zero-order valence-corrected chi connectivity index (χ0v) is 11.3. The second-order valence-electron chi connectivity index (χ2n) is 5.08. The zero-order valence-electron chi connectivity index (χ0n) is 11.3. The fourth-order valence-corrected chi connectivity index (χ4v) is 1.84. The number of hydrogen-bond donors (Lipinski definition) is 0. The van der Waals surface area contributed by atoms with E-state index in [0.29, 0.717) is 12.0 Å². The van der Waals surface area contributed by atoms with Crippen molar-refractivity contribution < 1.29 is 14.3 Å². The summed E-state index contributed by atoms with van der Waals surface area (Å²) in [7, 11) is 2.91. The van der Waals surface area contributed by atoms with Crippen LogP contribution in [0.2, 0.25) is 0 Å². The van der Waals surface area contributed by atoms with Crippen LogP contribution >= 0.6 is 0 Å². The van der Waals surface area contributed by atoms with Gasteiger partial charge in [-0.25, -0.2) is 4.79 Å². The van der Waals surface area contributed by atoms with Crippen LogP contribution in [0, 0.1) is 16.7 Å². The number of esters is 1. The van der Waals surface area contributed by atoms with Crippen molar-refractivity contribution >= 4 is 5.97 Å². The Bertz CT molecular complexity index is 341. The van der Waals surface area contributed by atoms with Crippen LogP contribution in [-0.4, -0.2) is 25.8 Å². The van der Waals surface area contributed by atoms with Gasteiger partial charge in [-0.2, -0.15) is 5.26 Å². The Labute approximate surface area is 103 Å². The molecular weight excluding hydrogens is 218 g/mol. The van der Waals surface area contributed by atoms with E-state index in [-0.39, 0.29) is 6.42 Å². The molecule has 0 aromatic rings. The fourth-order valence-electron chi connectivity index (χ4n) is 1.84. The Balaban J connectivity index is 4.77. The molecule has 0 saturated carbocycles. The monoisotopic (exact) mass is 239 g/mol. The first-order valence-electron chi connectivity index (χ1n) is 5.42. The number of rotatable bonds is 6. The molecule has 1 atom stereocenters. The lowest BCUT2D eigenvalue weighted by Gasteiger charge is -2.32. The van der Waals surface area contributed by atoms with Crippen molar-refractivity contribution in [3.8, 4) is 6.07 Å². The fraction of sp³-hybridized carbons (Fsp3) is 0.692. The molecule has 0 radical (unpaired) electrons. The van der Waals surface area contributed by atoms with Gasteiger partial charge in [0.1, 0.15) is 0 Å². The number of hydrogen-bond acceptors (Lipinski definition) is 4. The summed E-state index contributed by atoms with van der Waals surface area (Å²) in [5, 5.41) is 9.25. The van der Waals surface area contributed by atoms with Crippen molar-refractivity contribution in [2.24, 2.45) is 5.41 Å². The van der Waals surface area contributed by atoms with Crippen LogP contribution in [0.3, 0.4) is 0 Å². The van der Waals surface area contributed by atoms with Crippen molar-refractivity contribution in [3.05, 3.63) is 12.2 Å². The van der Waals surface area contributed by atoms with E-state index in [2.05, 4.69) is 17.4 Å². The van der Waals surface area contributed by atoms with Crippen LogP contribution in [0.4, 0.5) is 0 Å². The van der Waals surface area contributed by atoms with E-state index in [1.54, 1.807) is 14.0 Å². The third-order valence-corrected chi connectivity index (χ3v) is 2.72. The first kappa shape index (κ1) is 15.7. The van der Waals surface area contributed by atoms with Crippen molar-refractivity contribution in [1.29, 1.82) is 5.26 Å². The highest BCUT2D eigenvalue weighted by atomic mass is 16.5. The van der Waals surface area contributed by atoms with Gasteiger partial charge in [-0.3, -0.25) is 0 Å². The third-order valence-electron chi connectivity index (χ3n) is 2.72. The normalized spacial score (nSPS) is 14.6. The molecule has 0 aromatic heterocycles. The molecular formula is C13H21NO3. The van der Waals surface area contributed by atoms with E-state index < -0.39 is 17.0 Å². The molecule has 0 saturated heterocycles. The average molecular weight is 239 g/mol. The maximum atomic E-state index is 11.3. The minimum atomic E-state index is -0.690. The van der Waals surface area contributed by atoms with Gasteiger partial charge in [0.2, 0.25) is 0 Å². The first-order chi connectivity index (χ1) is 7.69. The molecule has 0 aliphatic heterocycles. The largest absolute Gasteiger partial charge is 0.466 e. The van der Waals surface area contributed by atoms with Gasteiger partial charge in [0.15, 0.2) is 0 Å². The van der Waals surface area contributed by atoms with Crippen molar-refractivity contribution in [2.45, 2.75) is 39.2 Å². The molecule has 17 heavy (non-hydrogen) atoms. The van der Waals surface area contributed by atoms with Gasteiger partial charge in [0, 0.05) is 12.7 Å².